The van der Waals surface area contributed by atoms with E-state index in [9.17, 15) is 9.59 Å². The average Bonchev–Trinajstić information content (AvgIpc) is 2.69. The molecule has 168 valence electrons. The fourth-order valence-corrected chi connectivity index (χ4v) is 3.12. The fourth-order valence-electron chi connectivity index (χ4n) is 3.12. The largest absolute Gasteiger partial charge is 0.456 e. The first-order chi connectivity index (χ1) is 14.5. The molecule has 0 spiro atoms. The molecule has 2 rings (SSSR count). The minimum atomic E-state index is -0.553. The molecule has 2 aromatic carbocycles. The van der Waals surface area contributed by atoms with Gasteiger partial charge in [0.2, 0.25) is 0 Å². The Morgan fingerprint density at radius 3 is 2.10 bits per heavy atom. The molecule has 5 nitrogen and oxygen atoms in total. The Labute approximate surface area is 186 Å². The lowest BCUT2D eigenvalue weighted by Gasteiger charge is -2.27. The van der Waals surface area contributed by atoms with E-state index in [4.69, 9.17) is 4.74 Å². The van der Waals surface area contributed by atoms with Crippen LogP contribution in [0.15, 0.2) is 48.5 Å². The van der Waals surface area contributed by atoms with Crippen molar-refractivity contribution in [1.82, 2.24) is 10.2 Å². The zero-order chi connectivity index (χ0) is 23.2. The van der Waals surface area contributed by atoms with Crippen molar-refractivity contribution >= 4 is 11.9 Å². The molecule has 31 heavy (non-hydrogen) atoms. The first-order valence-corrected chi connectivity index (χ1v) is 10.9. The zero-order valence-corrected chi connectivity index (χ0v) is 19.9. The number of ether oxygens (including phenoxy) is 1. The van der Waals surface area contributed by atoms with Crippen LogP contribution in [0.4, 0.5) is 0 Å². The van der Waals surface area contributed by atoms with Crippen molar-refractivity contribution in [2.45, 2.75) is 79.2 Å². The van der Waals surface area contributed by atoms with Crippen molar-refractivity contribution in [2.24, 2.45) is 0 Å². The molecule has 5 heteroatoms. The number of hydrogen-bond donors (Lipinski definition) is 1. The van der Waals surface area contributed by atoms with E-state index in [1.165, 1.54) is 0 Å². The third kappa shape index (κ3) is 7.83. The van der Waals surface area contributed by atoms with E-state index in [0.717, 1.165) is 17.7 Å². The molecule has 0 aliphatic heterocycles. The summed E-state index contributed by atoms with van der Waals surface area (Å²) in [5.74, 6) is -0.383. The van der Waals surface area contributed by atoms with Crippen LogP contribution in [0.5, 0.6) is 0 Å². The van der Waals surface area contributed by atoms with Gasteiger partial charge in [-0.3, -0.25) is 4.79 Å². The van der Waals surface area contributed by atoms with Gasteiger partial charge in [0.05, 0.1) is 5.56 Å². The number of esters is 1. The molecule has 0 radical (unpaired) electrons. The predicted molar refractivity (Wildman–Crippen MR) is 125 cm³/mol. The van der Waals surface area contributed by atoms with Gasteiger partial charge in [0.15, 0.2) is 0 Å². The van der Waals surface area contributed by atoms with Crippen molar-refractivity contribution in [3.05, 3.63) is 70.8 Å². The summed E-state index contributed by atoms with van der Waals surface area (Å²) in [6.07, 6.45) is 0. The maximum atomic E-state index is 13.3. The Balaban J connectivity index is 2.20. The van der Waals surface area contributed by atoms with Crippen LogP contribution >= 0.6 is 0 Å². The SMILES string of the molecule is CC(C)NCc1cccc(C(=O)N(Cc2cccc(C(=O)OC(C)(C)C)c2)C(C)C)c1. The minimum Gasteiger partial charge on any atom is -0.456 e. The number of amides is 1. The Morgan fingerprint density at radius 2 is 1.52 bits per heavy atom. The summed E-state index contributed by atoms with van der Waals surface area (Å²) in [7, 11) is 0. The highest BCUT2D eigenvalue weighted by Gasteiger charge is 2.21. The molecular formula is C26H36N2O3. The molecule has 0 saturated carbocycles. The Hall–Kier alpha value is -2.66. The van der Waals surface area contributed by atoms with Gasteiger partial charge in [-0.25, -0.2) is 4.79 Å². The second-order valence-electron chi connectivity index (χ2n) is 9.47. The Morgan fingerprint density at radius 1 is 0.935 bits per heavy atom. The van der Waals surface area contributed by atoms with E-state index in [0.29, 0.717) is 23.7 Å². The molecule has 0 aliphatic carbocycles. The molecular weight excluding hydrogens is 388 g/mol. The van der Waals surface area contributed by atoms with E-state index >= 15 is 0 Å². The molecule has 0 fully saturated rings. The quantitative estimate of drug-likeness (QED) is 0.593. The van der Waals surface area contributed by atoms with Crippen LogP contribution in [0.1, 0.15) is 80.3 Å². The number of carbonyl (C=O) groups is 2. The number of benzene rings is 2. The molecule has 0 heterocycles. The second kappa shape index (κ2) is 10.6. The second-order valence-corrected chi connectivity index (χ2v) is 9.47. The van der Waals surface area contributed by atoms with Crippen molar-refractivity contribution in [2.75, 3.05) is 0 Å². The van der Waals surface area contributed by atoms with E-state index in [2.05, 4.69) is 19.2 Å². The van der Waals surface area contributed by atoms with Crippen LogP contribution in [0.2, 0.25) is 0 Å². The molecule has 1 N–H and O–H groups in total. The first-order valence-electron chi connectivity index (χ1n) is 10.9. The number of hydrogen-bond acceptors (Lipinski definition) is 4. The van der Waals surface area contributed by atoms with Gasteiger partial charge < -0.3 is 15.0 Å². The third-order valence-corrected chi connectivity index (χ3v) is 4.69. The van der Waals surface area contributed by atoms with Crippen LogP contribution in [0, 0.1) is 0 Å². The molecule has 0 aromatic heterocycles. The molecule has 0 aliphatic rings. The average molecular weight is 425 g/mol. The first kappa shape index (κ1) is 24.6. The van der Waals surface area contributed by atoms with Gasteiger partial charge >= 0.3 is 5.97 Å². The van der Waals surface area contributed by atoms with Gasteiger partial charge in [-0.15, -0.1) is 0 Å². The molecule has 2 aromatic rings. The third-order valence-electron chi connectivity index (χ3n) is 4.69. The minimum absolute atomic E-state index is 0.00938. The summed E-state index contributed by atoms with van der Waals surface area (Å²) in [4.78, 5) is 27.5. The van der Waals surface area contributed by atoms with Crippen molar-refractivity contribution in [3.8, 4) is 0 Å². The van der Waals surface area contributed by atoms with Crippen LogP contribution < -0.4 is 5.32 Å². The number of rotatable bonds is 8. The van der Waals surface area contributed by atoms with E-state index in [1.54, 1.807) is 12.1 Å². The Kier molecular flexibility index (Phi) is 8.40. The lowest BCUT2D eigenvalue weighted by molar-refractivity contribution is 0.00693. The highest BCUT2D eigenvalue weighted by atomic mass is 16.6. The highest BCUT2D eigenvalue weighted by molar-refractivity contribution is 5.94. The van der Waals surface area contributed by atoms with E-state index in [-0.39, 0.29) is 17.9 Å². The van der Waals surface area contributed by atoms with Gasteiger partial charge in [0.1, 0.15) is 5.60 Å². The standard InChI is InChI=1S/C26H36N2O3/c1-18(2)27-16-20-10-8-12-22(14-20)24(29)28(19(3)4)17-21-11-9-13-23(15-21)25(30)31-26(5,6)7/h8-15,18-19,27H,16-17H2,1-7H3. The summed E-state index contributed by atoms with van der Waals surface area (Å²) in [5.41, 5.74) is 2.58. The van der Waals surface area contributed by atoms with E-state index in [1.807, 2.05) is 75.9 Å². The molecule has 1 amide bonds. The van der Waals surface area contributed by atoms with Crippen molar-refractivity contribution in [1.29, 1.82) is 0 Å². The van der Waals surface area contributed by atoms with Gasteiger partial charge in [-0.1, -0.05) is 38.1 Å². The summed E-state index contributed by atoms with van der Waals surface area (Å²) in [6, 6.07) is 15.4. The molecule has 0 bridgehead atoms. The van der Waals surface area contributed by atoms with Gasteiger partial charge in [-0.2, -0.15) is 0 Å². The normalized spacial score (nSPS) is 11.6. The van der Waals surface area contributed by atoms with Crippen molar-refractivity contribution < 1.29 is 14.3 Å². The summed E-state index contributed by atoms with van der Waals surface area (Å²) in [5, 5.41) is 3.38. The predicted octanol–water partition coefficient (Wildman–Crippen LogP) is 5.19. The smallest absolute Gasteiger partial charge is 0.338 e. The van der Waals surface area contributed by atoms with Crippen LogP contribution in [-0.2, 0) is 17.8 Å². The zero-order valence-electron chi connectivity index (χ0n) is 19.9. The van der Waals surface area contributed by atoms with Crippen molar-refractivity contribution in [3.63, 3.8) is 0 Å². The fraction of sp³-hybridized carbons (Fsp3) is 0.462. The maximum Gasteiger partial charge on any atom is 0.338 e. The summed E-state index contributed by atoms with van der Waals surface area (Å²) >= 11 is 0. The summed E-state index contributed by atoms with van der Waals surface area (Å²) in [6.45, 7) is 14.9. The van der Waals surface area contributed by atoms with E-state index < -0.39 is 5.60 Å². The van der Waals surface area contributed by atoms with Crippen LogP contribution in [-0.4, -0.2) is 34.5 Å². The molecule has 0 atom stereocenters. The lowest BCUT2D eigenvalue weighted by atomic mass is 10.1. The lowest BCUT2D eigenvalue weighted by Crippen LogP contribution is -2.36. The number of carbonyl (C=O) groups excluding carboxylic acids is 2. The topological polar surface area (TPSA) is 58.6 Å². The molecule has 0 unspecified atom stereocenters. The van der Waals surface area contributed by atoms with Gasteiger partial charge in [0.25, 0.3) is 5.91 Å². The Bertz CT molecular complexity index is 898. The summed E-state index contributed by atoms with van der Waals surface area (Å²) < 4.78 is 5.48. The monoisotopic (exact) mass is 424 g/mol. The maximum absolute atomic E-state index is 13.3. The van der Waals surface area contributed by atoms with Crippen LogP contribution in [0.25, 0.3) is 0 Å². The highest BCUT2D eigenvalue weighted by Crippen LogP contribution is 2.18. The van der Waals surface area contributed by atoms with Gasteiger partial charge in [0, 0.05) is 30.7 Å². The molecule has 0 saturated heterocycles. The van der Waals surface area contributed by atoms with Gasteiger partial charge in [-0.05, 0) is 70.0 Å². The van der Waals surface area contributed by atoms with Crippen LogP contribution in [0.3, 0.4) is 0 Å². The number of nitrogens with one attached hydrogen (secondary N) is 1. The number of nitrogens with zero attached hydrogens (tertiary/aromatic N) is 1.